The van der Waals surface area contributed by atoms with Crippen molar-refractivity contribution < 1.29 is 9.90 Å². The van der Waals surface area contributed by atoms with Crippen LogP contribution in [0, 0.1) is 10.5 Å². The molecule has 0 bridgehead atoms. The van der Waals surface area contributed by atoms with Crippen LogP contribution in [0.2, 0.25) is 0 Å². The van der Waals surface area contributed by atoms with Gasteiger partial charge < -0.3 is 15.7 Å². The maximum atomic E-state index is 12.8. The standard InChI is InChI=1S/C30H31IN2O2S/c1-21-6-4-10-25(14-21)29(34)19-33-28(30(35)18-32-17-22-7-5-11-26(31)15-22)20-36-27-13-12-23-8-2-3-9-24(23)16-27/h2-16,28,30,32-33,35H,17-20H2,1H3/t28-,30-/m0/s1. The highest BCUT2D eigenvalue weighted by atomic mass is 127. The normalized spacial score (nSPS) is 13.0. The lowest BCUT2D eigenvalue weighted by Gasteiger charge is -2.24. The number of carbonyl (C=O) groups excluding carboxylic acids is 1. The molecule has 3 N–H and O–H groups in total. The van der Waals surface area contributed by atoms with Gasteiger partial charge in [0.25, 0.3) is 0 Å². The minimum atomic E-state index is -0.647. The summed E-state index contributed by atoms with van der Waals surface area (Å²) in [6.07, 6.45) is -0.647. The third-order valence-corrected chi connectivity index (χ3v) is 7.84. The molecule has 0 aliphatic heterocycles. The molecule has 0 aliphatic rings. The number of Topliss-reactive ketones (excluding diaryl/α,β-unsaturated/α-hetero) is 1. The van der Waals surface area contributed by atoms with Crippen molar-refractivity contribution in [3.63, 3.8) is 0 Å². The molecular formula is C30H31IN2O2S. The zero-order valence-electron chi connectivity index (χ0n) is 20.3. The number of fused-ring (bicyclic) bond motifs is 1. The Morgan fingerprint density at radius 1 is 0.944 bits per heavy atom. The number of aryl methyl sites for hydroxylation is 1. The van der Waals surface area contributed by atoms with Crippen molar-refractivity contribution in [2.24, 2.45) is 0 Å². The van der Waals surface area contributed by atoms with Crippen LogP contribution in [0.4, 0.5) is 0 Å². The molecule has 4 rings (SSSR count). The molecule has 0 saturated carbocycles. The molecule has 0 heterocycles. The van der Waals surface area contributed by atoms with E-state index >= 15 is 0 Å². The van der Waals surface area contributed by atoms with Crippen LogP contribution in [-0.4, -0.2) is 41.9 Å². The van der Waals surface area contributed by atoms with Gasteiger partial charge in [-0.25, -0.2) is 0 Å². The molecule has 0 radical (unpaired) electrons. The van der Waals surface area contributed by atoms with Crippen molar-refractivity contribution in [2.75, 3.05) is 18.8 Å². The zero-order chi connectivity index (χ0) is 25.3. The van der Waals surface area contributed by atoms with Crippen LogP contribution in [0.25, 0.3) is 10.8 Å². The molecule has 0 spiro atoms. The van der Waals surface area contributed by atoms with E-state index in [0.717, 1.165) is 10.5 Å². The van der Waals surface area contributed by atoms with Crippen LogP contribution in [0.15, 0.2) is 95.9 Å². The second-order valence-corrected chi connectivity index (χ2v) is 11.3. The summed E-state index contributed by atoms with van der Waals surface area (Å²) in [6.45, 7) is 3.28. The quantitative estimate of drug-likeness (QED) is 0.107. The number of halogens is 1. The van der Waals surface area contributed by atoms with Crippen molar-refractivity contribution in [3.05, 3.63) is 111 Å². The van der Waals surface area contributed by atoms with Crippen LogP contribution in [-0.2, 0) is 6.54 Å². The molecule has 0 aromatic heterocycles. The van der Waals surface area contributed by atoms with Gasteiger partial charge in [0.05, 0.1) is 12.6 Å². The lowest BCUT2D eigenvalue weighted by molar-refractivity contribution is 0.0961. The monoisotopic (exact) mass is 610 g/mol. The average Bonchev–Trinajstić information content (AvgIpc) is 2.88. The Hall–Kier alpha value is -2.23. The van der Waals surface area contributed by atoms with Gasteiger partial charge in [-0.3, -0.25) is 4.79 Å². The third kappa shape index (κ3) is 7.88. The first-order valence-electron chi connectivity index (χ1n) is 12.1. The summed E-state index contributed by atoms with van der Waals surface area (Å²) in [5.41, 5.74) is 2.93. The van der Waals surface area contributed by atoms with Crippen LogP contribution in [0.3, 0.4) is 0 Å². The number of carbonyl (C=O) groups is 1. The minimum absolute atomic E-state index is 0.0263. The van der Waals surface area contributed by atoms with Gasteiger partial charge in [0.2, 0.25) is 0 Å². The first-order chi connectivity index (χ1) is 17.5. The molecule has 2 atom stereocenters. The number of benzene rings is 4. The highest BCUT2D eigenvalue weighted by Crippen LogP contribution is 2.24. The predicted octanol–water partition coefficient (Wildman–Crippen LogP) is 5.84. The molecule has 0 amide bonds. The van der Waals surface area contributed by atoms with Crippen molar-refractivity contribution >= 4 is 50.9 Å². The molecule has 0 aliphatic carbocycles. The van der Waals surface area contributed by atoms with Crippen LogP contribution in [0.1, 0.15) is 21.5 Å². The Bertz CT molecular complexity index is 1310. The van der Waals surface area contributed by atoms with Gasteiger partial charge in [-0.15, -0.1) is 11.8 Å². The van der Waals surface area contributed by atoms with Gasteiger partial charge in [-0.2, -0.15) is 0 Å². The molecular weight excluding hydrogens is 579 g/mol. The van der Waals surface area contributed by atoms with Gasteiger partial charge in [-0.1, -0.05) is 66.2 Å². The molecule has 4 aromatic rings. The molecule has 186 valence electrons. The van der Waals surface area contributed by atoms with Gasteiger partial charge in [-0.05, 0) is 76.2 Å². The predicted molar refractivity (Wildman–Crippen MR) is 159 cm³/mol. The van der Waals surface area contributed by atoms with E-state index in [2.05, 4.69) is 81.8 Å². The van der Waals surface area contributed by atoms with E-state index in [4.69, 9.17) is 0 Å². The fourth-order valence-corrected chi connectivity index (χ4v) is 5.74. The van der Waals surface area contributed by atoms with E-state index in [-0.39, 0.29) is 18.4 Å². The largest absolute Gasteiger partial charge is 0.390 e. The van der Waals surface area contributed by atoms with Crippen LogP contribution in [0.5, 0.6) is 0 Å². The SMILES string of the molecule is Cc1cccc(C(=O)CN[C@@H](CSc2ccc3ccccc3c2)[C@@H](O)CNCc2cccc(I)c2)c1. The van der Waals surface area contributed by atoms with E-state index in [1.165, 1.54) is 19.9 Å². The summed E-state index contributed by atoms with van der Waals surface area (Å²) in [7, 11) is 0. The molecule has 4 nitrogen and oxygen atoms in total. The number of nitrogens with one attached hydrogen (secondary N) is 2. The van der Waals surface area contributed by atoms with Crippen LogP contribution >= 0.6 is 34.4 Å². The number of hydrogen-bond donors (Lipinski definition) is 3. The van der Waals surface area contributed by atoms with E-state index in [1.54, 1.807) is 11.8 Å². The smallest absolute Gasteiger partial charge is 0.176 e. The van der Waals surface area contributed by atoms with Crippen molar-refractivity contribution in [1.29, 1.82) is 0 Å². The summed E-state index contributed by atoms with van der Waals surface area (Å²) in [5.74, 6) is 0.671. The first kappa shape index (κ1) is 26.8. The molecule has 0 unspecified atom stereocenters. The van der Waals surface area contributed by atoms with E-state index < -0.39 is 6.10 Å². The summed E-state index contributed by atoms with van der Waals surface area (Å²) in [4.78, 5) is 14.0. The number of ketones is 1. The third-order valence-electron chi connectivity index (χ3n) is 6.05. The lowest BCUT2D eigenvalue weighted by atomic mass is 10.1. The van der Waals surface area contributed by atoms with Gasteiger partial charge in [0.1, 0.15) is 0 Å². The highest BCUT2D eigenvalue weighted by Gasteiger charge is 2.20. The number of hydrogen-bond acceptors (Lipinski definition) is 5. The number of aliphatic hydroxyl groups is 1. The minimum Gasteiger partial charge on any atom is -0.390 e. The van der Waals surface area contributed by atoms with E-state index in [9.17, 15) is 9.90 Å². The zero-order valence-corrected chi connectivity index (χ0v) is 23.3. The summed E-state index contributed by atoms with van der Waals surface area (Å²) in [5, 5.41) is 20.2. The molecule has 0 saturated heterocycles. The summed E-state index contributed by atoms with van der Waals surface area (Å²) in [6, 6.07) is 30.4. The summed E-state index contributed by atoms with van der Waals surface area (Å²) >= 11 is 4.00. The average molecular weight is 611 g/mol. The molecule has 36 heavy (non-hydrogen) atoms. The van der Waals surface area contributed by atoms with E-state index in [1.807, 2.05) is 49.4 Å². The Labute approximate surface area is 231 Å². The Kier molecular flexibility index (Phi) is 9.95. The maximum absolute atomic E-state index is 12.8. The Balaban J connectivity index is 1.39. The fraction of sp³-hybridized carbons (Fsp3) is 0.233. The number of rotatable bonds is 12. The Morgan fingerprint density at radius 2 is 1.75 bits per heavy atom. The molecule has 0 fully saturated rings. The summed E-state index contributed by atoms with van der Waals surface area (Å²) < 4.78 is 1.19. The number of aliphatic hydroxyl groups excluding tert-OH is 1. The first-order valence-corrected chi connectivity index (χ1v) is 14.1. The van der Waals surface area contributed by atoms with Crippen molar-refractivity contribution in [2.45, 2.75) is 30.5 Å². The second kappa shape index (κ2) is 13.4. The molecule has 6 heteroatoms. The lowest BCUT2D eigenvalue weighted by Crippen LogP contribution is -2.48. The topological polar surface area (TPSA) is 61.4 Å². The molecule has 4 aromatic carbocycles. The fourth-order valence-electron chi connectivity index (χ4n) is 4.05. The van der Waals surface area contributed by atoms with Gasteiger partial charge in [0.15, 0.2) is 5.78 Å². The second-order valence-electron chi connectivity index (χ2n) is 8.93. The van der Waals surface area contributed by atoms with Crippen LogP contribution < -0.4 is 10.6 Å². The van der Waals surface area contributed by atoms with E-state index in [0.29, 0.717) is 24.4 Å². The number of thioether (sulfide) groups is 1. The van der Waals surface area contributed by atoms with Crippen molar-refractivity contribution in [3.8, 4) is 0 Å². The Morgan fingerprint density at radius 3 is 2.56 bits per heavy atom. The highest BCUT2D eigenvalue weighted by molar-refractivity contribution is 14.1. The van der Waals surface area contributed by atoms with Crippen molar-refractivity contribution in [1.82, 2.24) is 10.6 Å². The maximum Gasteiger partial charge on any atom is 0.176 e. The van der Waals surface area contributed by atoms with Gasteiger partial charge in [0, 0.05) is 38.9 Å². The van der Waals surface area contributed by atoms with Gasteiger partial charge >= 0.3 is 0 Å².